The first kappa shape index (κ1) is 25.7. The van der Waals surface area contributed by atoms with E-state index in [0.717, 1.165) is 5.56 Å². The monoisotopic (exact) mass is 522 g/mol. The fraction of sp³-hybridized carbons (Fsp3) is 0.391. The second kappa shape index (κ2) is 11.6. The summed E-state index contributed by atoms with van der Waals surface area (Å²) in [5.41, 5.74) is 7.39. The lowest BCUT2D eigenvalue weighted by atomic mass is 10.0. The van der Waals surface area contributed by atoms with Crippen molar-refractivity contribution in [3.05, 3.63) is 52.8 Å². The molecule has 1 fully saturated rings. The van der Waals surface area contributed by atoms with Crippen LogP contribution in [0.25, 0.3) is 11.4 Å². The molecule has 1 aromatic carbocycles. The van der Waals surface area contributed by atoms with E-state index in [1.165, 1.54) is 19.4 Å². The number of benzene rings is 1. The van der Waals surface area contributed by atoms with Crippen LogP contribution in [0.15, 0.2) is 36.5 Å². The van der Waals surface area contributed by atoms with Gasteiger partial charge in [0.15, 0.2) is 0 Å². The average Bonchev–Trinajstić information content (AvgIpc) is 3.28. The van der Waals surface area contributed by atoms with Crippen molar-refractivity contribution in [1.29, 1.82) is 0 Å². The number of ether oxygens (including phenoxy) is 3. The quantitative estimate of drug-likeness (QED) is 0.334. The lowest BCUT2D eigenvalue weighted by Crippen LogP contribution is -2.51. The molecule has 36 heavy (non-hydrogen) atoms. The smallest absolute Gasteiger partial charge is 0.333 e. The molecule has 3 heterocycles. The maximum absolute atomic E-state index is 13.5. The van der Waals surface area contributed by atoms with Crippen molar-refractivity contribution >= 4 is 23.5 Å². The third-order valence-electron chi connectivity index (χ3n) is 5.66. The Morgan fingerprint density at radius 2 is 2.11 bits per heavy atom. The van der Waals surface area contributed by atoms with Crippen molar-refractivity contribution in [2.75, 3.05) is 45.8 Å². The number of methoxy groups -OCH3 is 1. The zero-order valence-electron chi connectivity index (χ0n) is 19.4. The molecule has 3 aromatic rings. The van der Waals surface area contributed by atoms with Gasteiger partial charge in [-0.1, -0.05) is 29.8 Å². The number of carbonyl (C=O) groups excluding carboxylic acids is 1. The van der Waals surface area contributed by atoms with Crippen molar-refractivity contribution < 1.29 is 27.8 Å². The SMILES string of the molecule is COC(=O)[C@H]1COCCN1CCOc1ccccc1Cc1cn(C(F)F)nc1-c1cc(Cl)nc(N)n1. The molecule has 1 saturated heterocycles. The minimum Gasteiger partial charge on any atom is -0.492 e. The van der Waals surface area contributed by atoms with E-state index in [0.29, 0.717) is 42.3 Å². The van der Waals surface area contributed by atoms with E-state index in [9.17, 15) is 13.6 Å². The number of carbonyl (C=O) groups is 1. The van der Waals surface area contributed by atoms with Gasteiger partial charge in [0.25, 0.3) is 0 Å². The molecule has 0 saturated carbocycles. The molecule has 1 atom stereocenters. The summed E-state index contributed by atoms with van der Waals surface area (Å²) >= 11 is 5.99. The third kappa shape index (κ3) is 6.07. The van der Waals surface area contributed by atoms with Crippen LogP contribution in [-0.2, 0) is 20.7 Å². The summed E-state index contributed by atoms with van der Waals surface area (Å²) in [5, 5.41) is 4.08. The topological polar surface area (TPSA) is 118 Å². The molecule has 1 aliphatic rings. The molecule has 0 bridgehead atoms. The van der Waals surface area contributed by atoms with Crippen molar-refractivity contribution in [3.8, 4) is 17.1 Å². The van der Waals surface area contributed by atoms with Gasteiger partial charge < -0.3 is 19.9 Å². The van der Waals surface area contributed by atoms with Crippen molar-refractivity contribution in [1.82, 2.24) is 24.6 Å². The number of alkyl halides is 2. The third-order valence-corrected chi connectivity index (χ3v) is 5.86. The minimum absolute atomic E-state index is 0.0761. The first-order valence-electron chi connectivity index (χ1n) is 11.1. The van der Waals surface area contributed by atoms with Crippen LogP contribution < -0.4 is 10.5 Å². The minimum atomic E-state index is -2.84. The van der Waals surface area contributed by atoms with Crippen LogP contribution in [0.3, 0.4) is 0 Å². The molecule has 4 rings (SSSR count). The normalized spacial score (nSPS) is 16.3. The Kier molecular flexibility index (Phi) is 8.28. The van der Waals surface area contributed by atoms with E-state index >= 15 is 0 Å². The lowest BCUT2D eigenvalue weighted by molar-refractivity contribution is -0.153. The molecule has 0 unspecified atom stereocenters. The molecule has 0 radical (unpaired) electrons. The molecule has 1 aliphatic heterocycles. The summed E-state index contributed by atoms with van der Waals surface area (Å²) in [6.45, 7) is -0.715. The molecule has 10 nitrogen and oxygen atoms in total. The van der Waals surface area contributed by atoms with Gasteiger partial charge in [0.05, 0.1) is 26.0 Å². The van der Waals surface area contributed by atoms with E-state index in [1.807, 2.05) is 23.1 Å². The molecule has 0 spiro atoms. The first-order valence-corrected chi connectivity index (χ1v) is 11.5. The zero-order valence-corrected chi connectivity index (χ0v) is 20.2. The highest BCUT2D eigenvalue weighted by atomic mass is 35.5. The summed E-state index contributed by atoms with van der Waals surface area (Å²) in [7, 11) is 1.34. The van der Waals surface area contributed by atoms with Crippen LogP contribution in [0, 0.1) is 0 Å². The number of nitrogens with zero attached hydrogens (tertiary/aromatic N) is 5. The van der Waals surface area contributed by atoms with Crippen molar-refractivity contribution in [2.45, 2.75) is 19.0 Å². The van der Waals surface area contributed by atoms with Gasteiger partial charge in [-0.05, 0) is 11.6 Å². The van der Waals surface area contributed by atoms with E-state index < -0.39 is 12.6 Å². The van der Waals surface area contributed by atoms with Gasteiger partial charge >= 0.3 is 12.5 Å². The van der Waals surface area contributed by atoms with Crippen LogP contribution in [-0.4, -0.2) is 76.7 Å². The van der Waals surface area contributed by atoms with Gasteiger partial charge in [-0.3, -0.25) is 9.69 Å². The highest BCUT2D eigenvalue weighted by molar-refractivity contribution is 6.29. The maximum atomic E-state index is 13.5. The summed E-state index contributed by atoms with van der Waals surface area (Å²) in [5.74, 6) is 0.132. The fourth-order valence-corrected chi connectivity index (χ4v) is 4.15. The number of esters is 1. The highest BCUT2D eigenvalue weighted by Gasteiger charge is 2.30. The van der Waals surface area contributed by atoms with E-state index in [1.54, 1.807) is 6.07 Å². The number of nitrogens with two attached hydrogens (primary N) is 1. The molecule has 0 aliphatic carbocycles. The summed E-state index contributed by atoms with van der Waals surface area (Å²) in [6, 6.07) is 8.21. The second-order valence-corrected chi connectivity index (χ2v) is 8.36. The number of anilines is 1. The van der Waals surface area contributed by atoms with E-state index in [4.69, 9.17) is 31.5 Å². The Labute approximate surface area is 210 Å². The van der Waals surface area contributed by atoms with Crippen molar-refractivity contribution in [3.63, 3.8) is 0 Å². The predicted molar refractivity (Wildman–Crippen MR) is 127 cm³/mol. The number of nitrogen functional groups attached to an aromatic ring is 1. The number of hydrogen-bond donors (Lipinski definition) is 1. The number of hydrogen-bond acceptors (Lipinski definition) is 9. The van der Waals surface area contributed by atoms with E-state index in [2.05, 4.69) is 15.1 Å². The lowest BCUT2D eigenvalue weighted by Gasteiger charge is -2.33. The fourth-order valence-electron chi connectivity index (χ4n) is 3.96. The number of para-hydroxylation sites is 1. The number of morpholine rings is 1. The van der Waals surface area contributed by atoms with Crippen LogP contribution in [0.1, 0.15) is 17.7 Å². The van der Waals surface area contributed by atoms with Gasteiger partial charge in [0.1, 0.15) is 29.2 Å². The largest absolute Gasteiger partial charge is 0.492 e. The molecule has 2 N–H and O–H groups in total. The maximum Gasteiger partial charge on any atom is 0.333 e. The summed E-state index contributed by atoms with van der Waals surface area (Å²) in [4.78, 5) is 21.9. The summed E-state index contributed by atoms with van der Waals surface area (Å²) < 4.78 is 43.8. The Morgan fingerprint density at radius 3 is 2.86 bits per heavy atom. The van der Waals surface area contributed by atoms with Crippen LogP contribution in [0.4, 0.5) is 14.7 Å². The zero-order chi connectivity index (χ0) is 25.7. The van der Waals surface area contributed by atoms with Crippen LogP contribution >= 0.6 is 11.6 Å². The molecule has 192 valence electrons. The van der Waals surface area contributed by atoms with Gasteiger partial charge in [0, 0.05) is 37.3 Å². The Bertz CT molecular complexity index is 1190. The molecule has 0 amide bonds. The van der Waals surface area contributed by atoms with Gasteiger partial charge in [0.2, 0.25) is 5.95 Å². The Balaban J connectivity index is 1.52. The first-order chi connectivity index (χ1) is 17.4. The van der Waals surface area contributed by atoms with Gasteiger partial charge in [-0.15, -0.1) is 0 Å². The summed E-state index contributed by atoms with van der Waals surface area (Å²) in [6.07, 6.45) is 1.50. The van der Waals surface area contributed by atoms with Gasteiger partial charge in [-0.2, -0.15) is 13.9 Å². The van der Waals surface area contributed by atoms with Crippen molar-refractivity contribution in [2.24, 2.45) is 0 Å². The molecule has 13 heteroatoms. The highest BCUT2D eigenvalue weighted by Crippen LogP contribution is 2.29. The number of aromatic nitrogens is 4. The van der Waals surface area contributed by atoms with Gasteiger partial charge in [-0.25, -0.2) is 14.6 Å². The van der Waals surface area contributed by atoms with Crippen LogP contribution in [0.5, 0.6) is 5.75 Å². The number of halogens is 3. The Hall–Kier alpha value is -3.35. The molecule has 2 aromatic heterocycles. The molecular weight excluding hydrogens is 498 g/mol. The average molecular weight is 523 g/mol. The second-order valence-electron chi connectivity index (χ2n) is 7.98. The standard InChI is InChI=1S/C23H25ClF2N6O4/c1-34-21(33)17-13-35-8-6-31(17)7-9-36-18-5-3-2-4-14(18)10-15-12-32(22(25)26)30-20(15)16-11-19(24)29-23(27)28-16/h2-5,11-12,17,22H,6-10,13H2,1H3,(H2,27,28,29)/t17-/m1/s1. The Morgan fingerprint density at radius 1 is 1.31 bits per heavy atom. The van der Waals surface area contributed by atoms with Crippen LogP contribution in [0.2, 0.25) is 5.15 Å². The van der Waals surface area contributed by atoms with E-state index in [-0.39, 0.29) is 41.5 Å². The number of rotatable bonds is 9. The predicted octanol–water partition coefficient (Wildman–Crippen LogP) is 2.81. The molecular formula is C23H25ClF2N6O4.